The molecule has 11 heteroatoms. The van der Waals surface area contributed by atoms with Gasteiger partial charge in [-0.05, 0) is 0 Å². The van der Waals surface area contributed by atoms with E-state index in [0.717, 1.165) is 6.26 Å². The third kappa shape index (κ3) is 10.1. The highest BCUT2D eigenvalue weighted by Crippen LogP contribution is 1.85. The summed E-state index contributed by atoms with van der Waals surface area (Å²) in [6, 6.07) is 0. The van der Waals surface area contributed by atoms with Crippen LogP contribution in [-0.2, 0) is 24.9 Å². The number of nitrogens with one attached hydrogen (secondary N) is 2. The van der Waals surface area contributed by atoms with Gasteiger partial charge in [0.25, 0.3) is 10.1 Å². The summed E-state index contributed by atoms with van der Waals surface area (Å²) in [5, 5.41) is 11.2. The summed E-state index contributed by atoms with van der Waals surface area (Å²) < 4.78 is 52.1. The first-order valence-corrected chi connectivity index (χ1v) is 7.87. The van der Waals surface area contributed by atoms with E-state index in [1.165, 1.54) is 0 Å². The fourth-order valence-electron chi connectivity index (χ4n) is 0.744. The van der Waals surface area contributed by atoms with Gasteiger partial charge in [-0.25, -0.2) is 13.1 Å². The highest BCUT2D eigenvalue weighted by molar-refractivity contribution is 7.88. The van der Waals surface area contributed by atoms with Gasteiger partial charge in [-0.3, -0.25) is 9.35 Å². The standard InChI is InChI=1S/C6H14N2O7S2/c1-16(11,12)8-4-5(9)6(10)7-2-3-17(13,14)15/h5,8-9H,2-4H2,1H3,(H,7,10)(H,13,14,15). The highest BCUT2D eigenvalue weighted by Gasteiger charge is 2.16. The topological polar surface area (TPSA) is 150 Å². The van der Waals surface area contributed by atoms with E-state index in [9.17, 15) is 21.6 Å². The van der Waals surface area contributed by atoms with Gasteiger partial charge < -0.3 is 10.4 Å². The van der Waals surface area contributed by atoms with Crippen molar-refractivity contribution in [3.05, 3.63) is 0 Å². The second-order valence-corrected chi connectivity index (χ2v) is 6.62. The summed E-state index contributed by atoms with van der Waals surface area (Å²) in [4.78, 5) is 11.1. The molecule has 0 spiro atoms. The van der Waals surface area contributed by atoms with E-state index in [2.05, 4.69) is 0 Å². The molecule has 1 amide bonds. The van der Waals surface area contributed by atoms with E-state index in [1.54, 1.807) is 0 Å². The lowest BCUT2D eigenvalue weighted by Crippen LogP contribution is -2.43. The lowest BCUT2D eigenvalue weighted by molar-refractivity contribution is -0.128. The quantitative estimate of drug-likeness (QED) is 0.363. The molecule has 17 heavy (non-hydrogen) atoms. The van der Waals surface area contributed by atoms with Gasteiger partial charge in [0.2, 0.25) is 15.9 Å². The minimum atomic E-state index is -4.19. The lowest BCUT2D eigenvalue weighted by atomic mass is 10.3. The first kappa shape index (κ1) is 16.2. The van der Waals surface area contributed by atoms with Crippen LogP contribution >= 0.6 is 0 Å². The van der Waals surface area contributed by atoms with Crippen molar-refractivity contribution < 1.29 is 31.3 Å². The van der Waals surface area contributed by atoms with Crippen molar-refractivity contribution >= 4 is 26.0 Å². The summed E-state index contributed by atoms with van der Waals surface area (Å²) in [7, 11) is -7.71. The SMILES string of the molecule is CS(=O)(=O)NCC(O)C(=O)NCCS(=O)(=O)O. The maximum Gasteiger partial charge on any atom is 0.266 e. The molecule has 4 N–H and O–H groups in total. The molecule has 0 aliphatic carbocycles. The molecule has 0 aromatic heterocycles. The average molecular weight is 290 g/mol. The maximum atomic E-state index is 11.1. The van der Waals surface area contributed by atoms with Crippen molar-refractivity contribution in [2.45, 2.75) is 6.10 Å². The normalized spacial score (nSPS) is 14.3. The predicted octanol–water partition coefficient (Wildman–Crippen LogP) is -3.10. The number of rotatable bonds is 7. The molecule has 0 saturated carbocycles. The number of carbonyl (C=O) groups is 1. The molecule has 102 valence electrons. The number of aliphatic hydroxyl groups is 1. The number of sulfonamides is 1. The Morgan fingerprint density at radius 3 is 2.24 bits per heavy atom. The van der Waals surface area contributed by atoms with Gasteiger partial charge in [-0.1, -0.05) is 0 Å². The van der Waals surface area contributed by atoms with E-state index in [0.29, 0.717) is 0 Å². The zero-order valence-corrected chi connectivity index (χ0v) is 10.6. The average Bonchev–Trinajstić information content (AvgIpc) is 2.10. The van der Waals surface area contributed by atoms with Gasteiger partial charge in [0.05, 0.1) is 12.0 Å². The van der Waals surface area contributed by atoms with Crippen molar-refractivity contribution in [1.82, 2.24) is 10.0 Å². The van der Waals surface area contributed by atoms with Gasteiger partial charge in [-0.15, -0.1) is 0 Å². The molecule has 1 unspecified atom stereocenters. The summed E-state index contributed by atoms with van der Waals surface area (Å²) in [5.41, 5.74) is 0. The third-order valence-corrected chi connectivity index (χ3v) is 2.91. The van der Waals surface area contributed by atoms with Crippen molar-refractivity contribution in [2.24, 2.45) is 0 Å². The van der Waals surface area contributed by atoms with E-state index in [4.69, 9.17) is 9.66 Å². The maximum absolute atomic E-state index is 11.1. The fourth-order valence-corrected chi connectivity index (χ4v) is 1.56. The predicted molar refractivity (Wildman–Crippen MR) is 58.3 cm³/mol. The van der Waals surface area contributed by atoms with Crippen molar-refractivity contribution in [3.63, 3.8) is 0 Å². The summed E-state index contributed by atoms with van der Waals surface area (Å²) in [5.74, 6) is -1.63. The lowest BCUT2D eigenvalue weighted by Gasteiger charge is -2.10. The molecule has 0 aliphatic heterocycles. The first-order chi connectivity index (χ1) is 7.51. The molecule has 0 rings (SSSR count). The Hall–Kier alpha value is -0.750. The van der Waals surface area contributed by atoms with Crippen LogP contribution in [0.15, 0.2) is 0 Å². The molecular weight excluding hydrogens is 276 g/mol. The van der Waals surface area contributed by atoms with Gasteiger partial charge in [-0.2, -0.15) is 8.42 Å². The second-order valence-electron chi connectivity index (χ2n) is 3.21. The number of aliphatic hydroxyl groups excluding tert-OH is 1. The van der Waals surface area contributed by atoms with Gasteiger partial charge in [0, 0.05) is 13.1 Å². The second kappa shape index (κ2) is 6.26. The Balaban J connectivity index is 3.99. The molecule has 0 saturated heterocycles. The molecule has 0 aromatic rings. The van der Waals surface area contributed by atoms with Crippen LogP contribution in [0.25, 0.3) is 0 Å². The van der Waals surface area contributed by atoms with Crippen molar-refractivity contribution in [1.29, 1.82) is 0 Å². The Bertz CT molecular complexity index is 455. The Kier molecular flexibility index (Phi) is 5.98. The number of hydrogen-bond donors (Lipinski definition) is 4. The van der Waals surface area contributed by atoms with E-state index in [1.807, 2.05) is 10.0 Å². The van der Waals surface area contributed by atoms with E-state index < -0.39 is 44.5 Å². The van der Waals surface area contributed by atoms with E-state index in [-0.39, 0.29) is 6.54 Å². The number of hydrogen-bond acceptors (Lipinski definition) is 6. The molecular formula is C6H14N2O7S2. The first-order valence-electron chi connectivity index (χ1n) is 4.37. The fraction of sp³-hybridized carbons (Fsp3) is 0.833. The van der Waals surface area contributed by atoms with Crippen LogP contribution in [0.5, 0.6) is 0 Å². The number of carbonyl (C=O) groups excluding carboxylic acids is 1. The van der Waals surface area contributed by atoms with Crippen molar-refractivity contribution in [3.8, 4) is 0 Å². The molecule has 1 atom stereocenters. The Morgan fingerprint density at radius 2 is 1.82 bits per heavy atom. The molecule has 0 bridgehead atoms. The molecule has 0 aliphatic rings. The molecule has 0 aromatic carbocycles. The highest BCUT2D eigenvalue weighted by atomic mass is 32.2. The molecule has 9 nitrogen and oxygen atoms in total. The van der Waals surface area contributed by atoms with Crippen LogP contribution in [0, 0.1) is 0 Å². The van der Waals surface area contributed by atoms with Crippen LogP contribution in [0.1, 0.15) is 0 Å². The van der Waals surface area contributed by atoms with Crippen LogP contribution in [0.2, 0.25) is 0 Å². The zero-order valence-electron chi connectivity index (χ0n) is 8.95. The largest absolute Gasteiger partial charge is 0.382 e. The van der Waals surface area contributed by atoms with Crippen LogP contribution in [0.3, 0.4) is 0 Å². The van der Waals surface area contributed by atoms with Gasteiger partial charge in [0.15, 0.2) is 0 Å². The number of amides is 1. The summed E-state index contributed by atoms with van der Waals surface area (Å²) in [6.07, 6.45) is -0.776. The monoisotopic (exact) mass is 290 g/mol. The van der Waals surface area contributed by atoms with Gasteiger partial charge in [0.1, 0.15) is 6.10 Å². The Morgan fingerprint density at radius 1 is 1.29 bits per heavy atom. The summed E-state index contributed by atoms with van der Waals surface area (Å²) in [6.45, 7) is -0.899. The molecule has 0 radical (unpaired) electrons. The minimum absolute atomic E-state index is 0.381. The summed E-state index contributed by atoms with van der Waals surface area (Å²) >= 11 is 0. The molecule has 0 heterocycles. The van der Waals surface area contributed by atoms with E-state index >= 15 is 0 Å². The van der Waals surface area contributed by atoms with Crippen molar-refractivity contribution in [2.75, 3.05) is 25.1 Å². The Labute approximate surface area is 99.0 Å². The van der Waals surface area contributed by atoms with Crippen LogP contribution in [-0.4, -0.2) is 63.6 Å². The molecule has 0 fully saturated rings. The third-order valence-electron chi connectivity index (χ3n) is 1.50. The van der Waals surface area contributed by atoms with Crippen LogP contribution in [0.4, 0.5) is 0 Å². The van der Waals surface area contributed by atoms with Gasteiger partial charge >= 0.3 is 0 Å². The zero-order chi connectivity index (χ0) is 13.7. The minimum Gasteiger partial charge on any atom is -0.382 e. The van der Waals surface area contributed by atoms with Crippen LogP contribution < -0.4 is 10.0 Å². The smallest absolute Gasteiger partial charge is 0.266 e.